The molecule has 4 amide bonds. The summed E-state index contributed by atoms with van der Waals surface area (Å²) in [7, 11) is 0. The smallest absolute Gasteiger partial charge is 0.338 e. The molecule has 0 bridgehead atoms. The molecule has 0 unspecified atom stereocenters. The molecule has 6 nitrogen and oxygen atoms in total. The third-order valence-electron chi connectivity index (χ3n) is 4.47. The van der Waals surface area contributed by atoms with E-state index in [1.807, 2.05) is 0 Å². The van der Waals surface area contributed by atoms with E-state index < -0.39 is 24.2 Å². The number of rotatable bonds is 5. The standard InChI is InChI=1S/C15H22F3N3O3/c16-15(17,18)10-3-1-4-11(9-10)20-14(24)19-7-2-8-21-12(22)5-6-13(21)23/h10-11H,1-9H2,(H2,19,20,24)/t10-,11+/m1/s1. The third kappa shape index (κ3) is 5.10. The lowest BCUT2D eigenvalue weighted by Crippen LogP contribution is -2.46. The molecule has 2 rings (SSSR count). The van der Waals surface area contributed by atoms with Gasteiger partial charge in [0.2, 0.25) is 11.8 Å². The highest BCUT2D eigenvalue weighted by atomic mass is 19.4. The fourth-order valence-electron chi connectivity index (χ4n) is 3.17. The second-order valence-electron chi connectivity index (χ2n) is 6.29. The first-order chi connectivity index (χ1) is 11.3. The van der Waals surface area contributed by atoms with Gasteiger partial charge < -0.3 is 10.6 Å². The summed E-state index contributed by atoms with van der Waals surface area (Å²) in [4.78, 5) is 35.7. The van der Waals surface area contributed by atoms with Crippen molar-refractivity contribution in [2.24, 2.45) is 5.92 Å². The Labute approximate surface area is 138 Å². The van der Waals surface area contributed by atoms with Crippen molar-refractivity contribution in [3.05, 3.63) is 0 Å². The Morgan fingerprint density at radius 1 is 1.17 bits per heavy atom. The van der Waals surface area contributed by atoms with Crippen molar-refractivity contribution in [3.8, 4) is 0 Å². The molecule has 2 aliphatic rings. The lowest BCUT2D eigenvalue weighted by Gasteiger charge is -2.31. The molecule has 1 saturated heterocycles. The molecule has 2 N–H and O–H groups in total. The minimum atomic E-state index is -4.22. The average Bonchev–Trinajstić information content (AvgIpc) is 2.82. The monoisotopic (exact) mass is 349 g/mol. The maximum Gasteiger partial charge on any atom is 0.391 e. The highest BCUT2D eigenvalue weighted by molar-refractivity contribution is 6.01. The number of nitrogens with zero attached hydrogens (tertiary/aromatic N) is 1. The molecular formula is C15H22F3N3O3. The first kappa shape index (κ1) is 18.5. The van der Waals surface area contributed by atoms with Crippen molar-refractivity contribution >= 4 is 17.8 Å². The number of hydrogen-bond acceptors (Lipinski definition) is 3. The van der Waals surface area contributed by atoms with Crippen LogP contribution in [0.1, 0.15) is 44.9 Å². The van der Waals surface area contributed by atoms with E-state index in [1.165, 1.54) is 4.90 Å². The molecule has 136 valence electrons. The topological polar surface area (TPSA) is 78.5 Å². The summed E-state index contributed by atoms with van der Waals surface area (Å²) in [5, 5.41) is 5.13. The van der Waals surface area contributed by atoms with Crippen LogP contribution in [0.2, 0.25) is 0 Å². The number of likely N-dealkylation sites (tertiary alicyclic amines) is 1. The molecule has 0 radical (unpaired) electrons. The zero-order chi connectivity index (χ0) is 17.7. The van der Waals surface area contributed by atoms with Crippen LogP contribution >= 0.6 is 0 Å². The maximum atomic E-state index is 12.7. The molecule has 2 atom stereocenters. The second kappa shape index (κ2) is 7.85. The summed E-state index contributed by atoms with van der Waals surface area (Å²) in [5.74, 6) is -1.77. The lowest BCUT2D eigenvalue weighted by molar-refractivity contribution is -0.183. The lowest BCUT2D eigenvalue weighted by atomic mass is 9.85. The average molecular weight is 349 g/mol. The molecule has 1 heterocycles. The normalized spacial score (nSPS) is 25.0. The number of halogens is 3. The van der Waals surface area contributed by atoms with Crippen molar-refractivity contribution in [3.63, 3.8) is 0 Å². The van der Waals surface area contributed by atoms with Gasteiger partial charge in [-0.15, -0.1) is 0 Å². The van der Waals surface area contributed by atoms with Gasteiger partial charge in [0, 0.05) is 32.0 Å². The number of carbonyl (C=O) groups excluding carboxylic acids is 3. The number of hydrogen-bond donors (Lipinski definition) is 2. The molecular weight excluding hydrogens is 327 g/mol. The SMILES string of the molecule is O=C(NCCCN1C(=O)CCC1=O)N[C@H]1CCC[C@@H](C(F)(F)F)C1. The second-order valence-corrected chi connectivity index (χ2v) is 6.29. The quantitative estimate of drug-likeness (QED) is 0.588. The molecule has 1 aliphatic carbocycles. The fraction of sp³-hybridized carbons (Fsp3) is 0.800. The molecule has 0 aromatic heterocycles. The van der Waals surface area contributed by atoms with Crippen LogP contribution in [0.15, 0.2) is 0 Å². The largest absolute Gasteiger partial charge is 0.391 e. The molecule has 1 aliphatic heterocycles. The van der Waals surface area contributed by atoms with Crippen molar-refractivity contribution in [1.29, 1.82) is 0 Å². The Balaban J connectivity index is 1.64. The number of nitrogens with one attached hydrogen (secondary N) is 2. The van der Waals surface area contributed by atoms with Crippen LogP contribution in [0, 0.1) is 5.92 Å². The maximum absolute atomic E-state index is 12.7. The number of alkyl halides is 3. The summed E-state index contributed by atoms with van der Waals surface area (Å²) in [6.45, 7) is 0.496. The van der Waals surface area contributed by atoms with Gasteiger partial charge in [-0.05, 0) is 25.7 Å². The molecule has 2 fully saturated rings. The summed E-state index contributed by atoms with van der Waals surface area (Å²) in [6, 6.07) is -0.992. The summed E-state index contributed by atoms with van der Waals surface area (Å²) in [6.07, 6.45) is -2.34. The van der Waals surface area contributed by atoms with Crippen LogP contribution in [0.4, 0.5) is 18.0 Å². The first-order valence-corrected chi connectivity index (χ1v) is 8.21. The van der Waals surface area contributed by atoms with E-state index >= 15 is 0 Å². The summed E-state index contributed by atoms with van der Waals surface area (Å²) >= 11 is 0. The van der Waals surface area contributed by atoms with E-state index in [1.54, 1.807) is 0 Å². The van der Waals surface area contributed by atoms with Crippen LogP contribution in [-0.4, -0.2) is 48.1 Å². The van der Waals surface area contributed by atoms with Crippen molar-refractivity contribution in [1.82, 2.24) is 15.5 Å². The van der Waals surface area contributed by atoms with E-state index in [0.29, 0.717) is 19.3 Å². The number of imide groups is 1. The summed E-state index contributed by atoms with van der Waals surface area (Å²) in [5.41, 5.74) is 0. The van der Waals surface area contributed by atoms with Gasteiger partial charge in [-0.2, -0.15) is 13.2 Å². The predicted molar refractivity (Wildman–Crippen MR) is 78.9 cm³/mol. The first-order valence-electron chi connectivity index (χ1n) is 8.21. The zero-order valence-corrected chi connectivity index (χ0v) is 13.3. The van der Waals surface area contributed by atoms with Crippen LogP contribution in [0.25, 0.3) is 0 Å². The molecule has 0 spiro atoms. The summed E-state index contributed by atoms with van der Waals surface area (Å²) < 4.78 is 38.2. The van der Waals surface area contributed by atoms with Gasteiger partial charge in [0.25, 0.3) is 0 Å². The van der Waals surface area contributed by atoms with Gasteiger partial charge in [0.15, 0.2) is 0 Å². The van der Waals surface area contributed by atoms with E-state index in [4.69, 9.17) is 0 Å². The van der Waals surface area contributed by atoms with E-state index in [0.717, 1.165) is 0 Å². The minimum absolute atomic E-state index is 0.0896. The van der Waals surface area contributed by atoms with Crippen LogP contribution in [-0.2, 0) is 9.59 Å². The fourth-order valence-corrected chi connectivity index (χ4v) is 3.17. The Morgan fingerprint density at radius 2 is 1.83 bits per heavy atom. The molecule has 24 heavy (non-hydrogen) atoms. The van der Waals surface area contributed by atoms with E-state index in [9.17, 15) is 27.6 Å². The van der Waals surface area contributed by atoms with Gasteiger partial charge in [-0.3, -0.25) is 14.5 Å². The van der Waals surface area contributed by atoms with Crippen LogP contribution in [0.3, 0.4) is 0 Å². The van der Waals surface area contributed by atoms with Crippen LogP contribution < -0.4 is 10.6 Å². The third-order valence-corrected chi connectivity index (χ3v) is 4.47. The number of urea groups is 1. The van der Waals surface area contributed by atoms with E-state index in [-0.39, 0.29) is 50.6 Å². The van der Waals surface area contributed by atoms with Crippen molar-refractivity contribution < 1.29 is 27.6 Å². The van der Waals surface area contributed by atoms with Gasteiger partial charge in [0.1, 0.15) is 0 Å². The van der Waals surface area contributed by atoms with Gasteiger partial charge in [-0.25, -0.2) is 4.79 Å². The Bertz CT molecular complexity index is 480. The van der Waals surface area contributed by atoms with Crippen molar-refractivity contribution in [2.45, 2.75) is 57.2 Å². The highest BCUT2D eigenvalue weighted by Gasteiger charge is 2.42. The molecule has 1 saturated carbocycles. The molecule has 9 heteroatoms. The predicted octanol–water partition coefficient (Wildman–Crippen LogP) is 1.95. The van der Waals surface area contributed by atoms with Gasteiger partial charge in [0.05, 0.1) is 5.92 Å². The zero-order valence-electron chi connectivity index (χ0n) is 13.3. The molecule has 0 aromatic carbocycles. The number of carbonyl (C=O) groups is 3. The van der Waals surface area contributed by atoms with Crippen molar-refractivity contribution in [2.75, 3.05) is 13.1 Å². The Kier molecular flexibility index (Phi) is 6.06. The van der Waals surface area contributed by atoms with Crippen LogP contribution in [0.5, 0.6) is 0 Å². The number of amides is 4. The highest BCUT2D eigenvalue weighted by Crippen LogP contribution is 2.37. The van der Waals surface area contributed by atoms with Gasteiger partial charge in [-0.1, -0.05) is 6.42 Å². The minimum Gasteiger partial charge on any atom is -0.338 e. The Hall–Kier alpha value is -1.80. The van der Waals surface area contributed by atoms with Gasteiger partial charge >= 0.3 is 12.2 Å². The molecule has 0 aromatic rings. The Morgan fingerprint density at radius 3 is 2.46 bits per heavy atom. The van der Waals surface area contributed by atoms with E-state index in [2.05, 4.69) is 10.6 Å².